The number of urea groups is 1. The first-order valence-electron chi connectivity index (χ1n) is 12.7. The number of benzene rings is 2. The number of morpholine rings is 1. The van der Waals surface area contributed by atoms with Gasteiger partial charge in [0.2, 0.25) is 0 Å². The highest BCUT2D eigenvalue weighted by molar-refractivity contribution is 7.19. The van der Waals surface area contributed by atoms with Crippen LogP contribution in [0.2, 0.25) is 0 Å². The van der Waals surface area contributed by atoms with Crippen LogP contribution in [-0.4, -0.2) is 64.3 Å². The summed E-state index contributed by atoms with van der Waals surface area (Å²) in [5, 5.41) is 17.6. The highest BCUT2D eigenvalue weighted by atomic mass is 32.1. The lowest BCUT2D eigenvalue weighted by Gasteiger charge is -2.44. The molecular weight excluding hydrogens is 498 g/mol. The summed E-state index contributed by atoms with van der Waals surface area (Å²) in [6.07, 6.45) is 3.28. The third-order valence-electron chi connectivity index (χ3n) is 7.34. The van der Waals surface area contributed by atoms with Crippen LogP contribution in [0.4, 0.5) is 9.93 Å². The molecule has 2 aromatic heterocycles. The third kappa shape index (κ3) is 4.72. The minimum Gasteiger partial charge on any atom is -0.378 e. The fourth-order valence-electron chi connectivity index (χ4n) is 5.16. The van der Waals surface area contributed by atoms with E-state index in [0.29, 0.717) is 30.4 Å². The average molecular weight is 526 g/mol. The lowest BCUT2D eigenvalue weighted by Crippen LogP contribution is -2.60. The number of thiazole rings is 1. The number of nitrogens with zero attached hydrogens (tertiary/aromatic N) is 5. The Morgan fingerprint density at radius 2 is 2.05 bits per heavy atom. The van der Waals surface area contributed by atoms with E-state index < -0.39 is 0 Å². The van der Waals surface area contributed by atoms with E-state index in [9.17, 15) is 10.1 Å². The lowest BCUT2D eigenvalue weighted by molar-refractivity contribution is 0.000891. The van der Waals surface area contributed by atoms with Gasteiger partial charge in [-0.2, -0.15) is 5.26 Å². The molecule has 192 valence electrons. The molecule has 2 fully saturated rings. The Labute approximate surface area is 224 Å². The second kappa shape index (κ2) is 10.1. The van der Waals surface area contributed by atoms with Gasteiger partial charge in [-0.25, -0.2) is 19.7 Å². The van der Waals surface area contributed by atoms with Gasteiger partial charge in [-0.15, -0.1) is 0 Å². The van der Waals surface area contributed by atoms with Gasteiger partial charge in [0.1, 0.15) is 6.33 Å². The van der Waals surface area contributed by atoms with E-state index in [1.807, 2.05) is 42.2 Å². The number of rotatable bonds is 3. The van der Waals surface area contributed by atoms with Crippen molar-refractivity contribution in [3.05, 3.63) is 60.0 Å². The van der Waals surface area contributed by atoms with E-state index in [4.69, 9.17) is 9.72 Å². The number of aromatic nitrogens is 3. The molecule has 0 aliphatic carbocycles. The number of hydrogen-bond donors (Lipinski definition) is 2. The van der Waals surface area contributed by atoms with E-state index in [1.165, 1.54) is 11.3 Å². The Hall–Kier alpha value is -3.91. The Bertz CT molecular complexity index is 1540. The van der Waals surface area contributed by atoms with Crippen LogP contribution in [0.1, 0.15) is 24.1 Å². The number of ether oxygens (including phenoxy) is 1. The number of hydrogen-bond acceptors (Lipinski definition) is 8. The van der Waals surface area contributed by atoms with Crippen molar-refractivity contribution in [1.29, 1.82) is 5.26 Å². The van der Waals surface area contributed by atoms with Gasteiger partial charge in [-0.1, -0.05) is 29.5 Å². The molecule has 0 atom stereocenters. The van der Waals surface area contributed by atoms with Crippen molar-refractivity contribution in [3.8, 4) is 27.8 Å². The summed E-state index contributed by atoms with van der Waals surface area (Å²) in [6, 6.07) is 15.5. The SMILES string of the molecule is Cc1ncnc2ccc(-c3sc(NC(=O)N4CCC5(CC4)COCCN5)nc3-c3cccc(C#N)c3)cc12. The van der Waals surface area contributed by atoms with Crippen LogP contribution in [-0.2, 0) is 4.74 Å². The first kappa shape index (κ1) is 24.4. The molecule has 10 heteroatoms. The standard InChI is InChI=1S/C28H27N7O2S/c1-18-22-14-21(5-6-23(22)31-17-30-18)25-24(20-4-2-3-19(13-20)15-29)33-26(38-25)34-27(36)35-10-7-28(8-11-35)16-37-12-9-32-28/h2-6,13-14,17,32H,7-12,16H2,1H3,(H,33,34,36). The Balaban J connectivity index is 1.31. The predicted octanol–water partition coefficient (Wildman–Crippen LogP) is 4.59. The van der Waals surface area contributed by atoms with Gasteiger partial charge in [-0.3, -0.25) is 5.32 Å². The number of nitriles is 1. The summed E-state index contributed by atoms with van der Waals surface area (Å²) in [6.45, 7) is 5.55. The Morgan fingerprint density at radius 1 is 1.18 bits per heavy atom. The van der Waals surface area contributed by atoms with Crippen LogP contribution in [0.3, 0.4) is 0 Å². The summed E-state index contributed by atoms with van der Waals surface area (Å²) in [7, 11) is 0. The number of fused-ring (bicyclic) bond motifs is 1. The number of nitrogens with one attached hydrogen (secondary N) is 2. The number of likely N-dealkylation sites (tertiary alicyclic amines) is 1. The van der Waals surface area contributed by atoms with Crippen LogP contribution >= 0.6 is 11.3 Å². The topological polar surface area (TPSA) is 116 Å². The molecule has 9 nitrogen and oxygen atoms in total. The second-order valence-corrected chi connectivity index (χ2v) is 10.8. The van der Waals surface area contributed by atoms with E-state index in [-0.39, 0.29) is 11.6 Å². The molecule has 6 rings (SSSR count). The maximum atomic E-state index is 13.2. The molecule has 2 amide bonds. The summed E-state index contributed by atoms with van der Waals surface area (Å²) in [4.78, 5) is 29.5. The van der Waals surface area contributed by atoms with Crippen LogP contribution in [0, 0.1) is 18.3 Å². The zero-order chi connectivity index (χ0) is 26.1. The molecule has 2 aromatic carbocycles. The number of carbonyl (C=O) groups excluding carboxylic acids is 1. The van der Waals surface area contributed by atoms with E-state index >= 15 is 0 Å². The number of amides is 2. The highest BCUT2D eigenvalue weighted by Gasteiger charge is 2.37. The molecule has 4 aromatic rings. The number of piperidine rings is 1. The van der Waals surface area contributed by atoms with Gasteiger partial charge in [0.15, 0.2) is 5.13 Å². The predicted molar refractivity (Wildman–Crippen MR) is 147 cm³/mol. The number of carbonyl (C=O) groups is 1. The largest absolute Gasteiger partial charge is 0.378 e. The molecule has 2 aliphatic heterocycles. The zero-order valence-corrected chi connectivity index (χ0v) is 21.8. The molecule has 1 spiro atoms. The van der Waals surface area contributed by atoms with E-state index in [0.717, 1.165) is 64.3 Å². The van der Waals surface area contributed by atoms with E-state index in [1.54, 1.807) is 12.4 Å². The molecule has 0 radical (unpaired) electrons. The van der Waals surface area contributed by atoms with Gasteiger partial charge >= 0.3 is 6.03 Å². The normalized spacial score (nSPS) is 16.9. The molecule has 4 heterocycles. The number of anilines is 1. The number of aryl methyl sites for hydroxylation is 1. The zero-order valence-electron chi connectivity index (χ0n) is 21.0. The molecule has 0 bridgehead atoms. The van der Waals surface area contributed by atoms with Crippen molar-refractivity contribution in [1.82, 2.24) is 25.2 Å². The van der Waals surface area contributed by atoms with Crippen LogP contribution < -0.4 is 10.6 Å². The molecule has 2 aliphatic rings. The van der Waals surface area contributed by atoms with Crippen molar-refractivity contribution < 1.29 is 9.53 Å². The quantitative estimate of drug-likeness (QED) is 0.402. The van der Waals surface area contributed by atoms with Crippen LogP contribution in [0.5, 0.6) is 0 Å². The summed E-state index contributed by atoms with van der Waals surface area (Å²) in [5.74, 6) is 0. The van der Waals surface area contributed by atoms with Crippen molar-refractivity contribution in [2.75, 3.05) is 38.2 Å². The first-order chi connectivity index (χ1) is 18.5. The fraction of sp³-hybridized carbons (Fsp3) is 0.321. The average Bonchev–Trinajstić information content (AvgIpc) is 3.38. The van der Waals surface area contributed by atoms with Crippen molar-refractivity contribution in [2.24, 2.45) is 0 Å². The lowest BCUT2D eigenvalue weighted by atomic mass is 9.87. The van der Waals surface area contributed by atoms with Crippen LogP contribution in [0.15, 0.2) is 48.8 Å². The fourth-order valence-corrected chi connectivity index (χ4v) is 6.14. The maximum Gasteiger partial charge on any atom is 0.323 e. The minimum atomic E-state index is -0.156. The van der Waals surface area contributed by atoms with Crippen molar-refractivity contribution in [2.45, 2.75) is 25.3 Å². The van der Waals surface area contributed by atoms with Crippen molar-refractivity contribution >= 4 is 33.4 Å². The van der Waals surface area contributed by atoms with Gasteiger partial charge in [0, 0.05) is 41.8 Å². The maximum absolute atomic E-state index is 13.2. The highest BCUT2D eigenvalue weighted by Crippen LogP contribution is 2.40. The minimum absolute atomic E-state index is 0.0275. The third-order valence-corrected chi connectivity index (χ3v) is 8.36. The van der Waals surface area contributed by atoms with Crippen LogP contribution in [0.25, 0.3) is 32.6 Å². The van der Waals surface area contributed by atoms with Gasteiger partial charge in [-0.05, 0) is 49.6 Å². The monoisotopic (exact) mass is 525 g/mol. The Morgan fingerprint density at radius 3 is 2.84 bits per heavy atom. The summed E-state index contributed by atoms with van der Waals surface area (Å²) >= 11 is 1.42. The van der Waals surface area contributed by atoms with E-state index in [2.05, 4.69) is 32.7 Å². The second-order valence-electron chi connectivity index (χ2n) is 9.76. The molecule has 0 saturated carbocycles. The molecule has 38 heavy (non-hydrogen) atoms. The molecule has 2 saturated heterocycles. The smallest absolute Gasteiger partial charge is 0.323 e. The summed E-state index contributed by atoms with van der Waals surface area (Å²) < 4.78 is 5.69. The molecule has 2 N–H and O–H groups in total. The molecular formula is C28H27N7O2S. The van der Waals surface area contributed by atoms with Gasteiger partial charge < -0.3 is 15.0 Å². The molecule has 0 unspecified atom stereocenters. The summed E-state index contributed by atoms with van der Waals surface area (Å²) in [5.41, 5.74) is 4.78. The van der Waals surface area contributed by atoms with Gasteiger partial charge in [0.05, 0.1) is 40.9 Å². The van der Waals surface area contributed by atoms with Crippen molar-refractivity contribution in [3.63, 3.8) is 0 Å². The first-order valence-corrected chi connectivity index (χ1v) is 13.5. The Kier molecular flexibility index (Phi) is 6.49. The van der Waals surface area contributed by atoms with Gasteiger partial charge in [0.25, 0.3) is 0 Å².